The molecule has 0 heterocycles. The van der Waals surface area contributed by atoms with Crippen LogP contribution in [0.1, 0.15) is 24.8 Å². The van der Waals surface area contributed by atoms with Crippen LogP contribution in [0.2, 0.25) is 0 Å². The van der Waals surface area contributed by atoms with Gasteiger partial charge in [0.1, 0.15) is 12.6 Å². The number of carbonyl (C=O) groups is 5. The Morgan fingerprint density at radius 1 is 0.970 bits per heavy atom. The standard InChI is InChI=1S/C21H29N3O9/c1-32-20(30)16(23-17(25)11-24(12-18(26)27)13-19(28)29)9-5-6-10-22-21(31)33-14-15-7-3-2-4-8-15/h2-4,7-8,16H,5-6,9-14H2,1H3,(H,22,31)(H,23,25)(H,26,27)(H,28,29). The van der Waals surface area contributed by atoms with Gasteiger partial charge in [0.15, 0.2) is 0 Å². The molecule has 0 bridgehead atoms. The predicted octanol–water partition coefficient (Wildman–Crippen LogP) is 0.212. The minimum absolute atomic E-state index is 0.143. The van der Waals surface area contributed by atoms with Crippen molar-refractivity contribution >= 4 is 29.9 Å². The fourth-order valence-electron chi connectivity index (χ4n) is 2.82. The Kier molecular flexibility index (Phi) is 12.6. The van der Waals surface area contributed by atoms with Crippen LogP contribution in [-0.2, 0) is 35.3 Å². The lowest BCUT2D eigenvalue weighted by molar-refractivity contribution is -0.147. The highest BCUT2D eigenvalue weighted by molar-refractivity contribution is 5.86. The van der Waals surface area contributed by atoms with Gasteiger partial charge >= 0.3 is 24.0 Å². The van der Waals surface area contributed by atoms with Crippen LogP contribution in [-0.4, -0.2) is 84.4 Å². The molecule has 0 spiro atoms. The third kappa shape index (κ3) is 12.7. The van der Waals surface area contributed by atoms with Crippen LogP contribution >= 0.6 is 0 Å². The predicted molar refractivity (Wildman–Crippen MR) is 114 cm³/mol. The van der Waals surface area contributed by atoms with Crippen molar-refractivity contribution in [3.63, 3.8) is 0 Å². The number of ether oxygens (including phenoxy) is 2. The van der Waals surface area contributed by atoms with Crippen LogP contribution < -0.4 is 10.6 Å². The number of nitrogens with one attached hydrogen (secondary N) is 2. The Morgan fingerprint density at radius 3 is 2.18 bits per heavy atom. The number of hydrogen-bond donors (Lipinski definition) is 4. The van der Waals surface area contributed by atoms with Gasteiger partial charge in [-0.15, -0.1) is 0 Å². The smallest absolute Gasteiger partial charge is 0.407 e. The van der Waals surface area contributed by atoms with Gasteiger partial charge in [0, 0.05) is 6.54 Å². The van der Waals surface area contributed by atoms with Crippen molar-refractivity contribution < 1.29 is 43.7 Å². The molecule has 2 amide bonds. The summed E-state index contributed by atoms with van der Waals surface area (Å²) in [5.41, 5.74) is 0.856. The van der Waals surface area contributed by atoms with Crippen molar-refractivity contribution in [3.8, 4) is 0 Å². The van der Waals surface area contributed by atoms with E-state index in [0.29, 0.717) is 19.4 Å². The number of unbranched alkanes of at least 4 members (excludes halogenated alkanes) is 1. The SMILES string of the molecule is COC(=O)C(CCCCNC(=O)OCc1ccccc1)NC(=O)CN(CC(=O)O)CC(=O)O. The number of carboxylic acids is 2. The Balaban J connectivity index is 2.39. The Labute approximate surface area is 190 Å². The van der Waals surface area contributed by atoms with Crippen molar-refractivity contribution in [2.24, 2.45) is 0 Å². The van der Waals surface area contributed by atoms with Gasteiger partial charge in [-0.2, -0.15) is 0 Å². The normalized spacial score (nSPS) is 11.3. The maximum absolute atomic E-state index is 12.2. The van der Waals surface area contributed by atoms with Gasteiger partial charge in [-0.25, -0.2) is 9.59 Å². The van der Waals surface area contributed by atoms with E-state index < -0.39 is 55.6 Å². The van der Waals surface area contributed by atoms with Crippen molar-refractivity contribution in [1.29, 1.82) is 0 Å². The van der Waals surface area contributed by atoms with Gasteiger partial charge in [-0.05, 0) is 24.8 Å². The monoisotopic (exact) mass is 467 g/mol. The van der Waals surface area contributed by atoms with Crippen LogP contribution in [0.3, 0.4) is 0 Å². The van der Waals surface area contributed by atoms with E-state index in [2.05, 4.69) is 15.4 Å². The molecule has 0 fully saturated rings. The third-order valence-electron chi connectivity index (χ3n) is 4.31. The van der Waals surface area contributed by atoms with E-state index in [0.717, 1.165) is 17.6 Å². The quantitative estimate of drug-likeness (QED) is 0.206. The molecule has 0 aliphatic rings. The Morgan fingerprint density at radius 2 is 1.61 bits per heavy atom. The summed E-state index contributed by atoms with van der Waals surface area (Å²) in [6, 6.07) is 8.19. The molecule has 0 saturated heterocycles. The number of rotatable bonds is 15. The average Bonchev–Trinajstić information content (AvgIpc) is 2.75. The Hall–Kier alpha value is -3.67. The molecule has 1 rings (SSSR count). The minimum Gasteiger partial charge on any atom is -0.480 e. The number of amides is 2. The summed E-state index contributed by atoms with van der Waals surface area (Å²) < 4.78 is 9.76. The zero-order chi connectivity index (χ0) is 24.6. The topological polar surface area (TPSA) is 172 Å². The maximum atomic E-state index is 12.2. The lowest BCUT2D eigenvalue weighted by Crippen LogP contribution is -2.47. The number of carbonyl (C=O) groups excluding carboxylic acids is 3. The van der Waals surface area contributed by atoms with E-state index in [1.54, 1.807) is 0 Å². The van der Waals surface area contributed by atoms with Gasteiger partial charge in [0.05, 0.1) is 26.7 Å². The number of carboxylic acid groups (broad SMARTS) is 2. The number of benzene rings is 1. The second-order valence-corrected chi connectivity index (χ2v) is 7.06. The molecule has 0 saturated carbocycles. The molecule has 1 atom stereocenters. The maximum Gasteiger partial charge on any atom is 0.407 e. The summed E-state index contributed by atoms with van der Waals surface area (Å²) in [4.78, 5) is 58.4. The van der Waals surface area contributed by atoms with Gasteiger partial charge in [-0.3, -0.25) is 19.3 Å². The van der Waals surface area contributed by atoms with Gasteiger partial charge in [-0.1, -0.05) is 30.3 Å². The first-order chi connectivity index (χ1) is 15.7. The first-order valence-corrected chi connectivity index (χ1v) is 10.2. The highest BCUT2D eigenvalue weighted by Crippen LogP contribution is 2.04. The molecule has 0 aromatic heterocycles. The molecular weight excluding hydrogens is 438 g/mol. The largest absolute Gasteiger partial charge is 0.480 e. The van der Waals surface area contributed by atoms with Crippen molar-refractivity contribution in [2.45, 2.75) is 31.9 Å². The molecule has 0 radical (unpaired) electrons. The average molecular weight is 467 g/mol. The number of hydrogen-bond acceptors (Lipinski definition) is 8. The van der Waals surface area contributed by atoms with E-state index in [-0.39, 0.29) is 13.0 Å². The molecule has 33 heavy (non-hydrogen) atoms. The molecule has 0 aliphatic carbocycles. The lowest BCUT2D eigenvalue weighted by Gasteiger charge is -2.20. The zero-order valence-electron chi connectivity index (χ0n) is 18.3. The molecule has 4 N–H and O–H groups in total. The summed E-state index contributed by atoms with van der Waals surface area (Å²) in [7, 11) is 1.16. The Bertz CT molecular complexity index is 785. The van der Waals surface area contributed by atoms with Crippen LogP contribution in [0.25, 0.3) is 0 Å². The third-order valence-corrected chi connectivity index (χ3v) is 4.31. The number of methoxy groups -OCH3 is 1. The molecule has 1 aromatic carbocycles. The second kappa shape index (κ2) is 15.2. The first-order valence-electron chi connectivity index (χ1n) is 10.2. The van der Waals surface area contributed by atoms with E-state index in [4.69, 9.17) is 14.9 Å². The van der Waals surface area contributed by atoms with Crippen LogP contribution in [0.15, 0.2) is 30.3 Å². The summed E-state index contributed by atoms with van der Waals surface area (Å²) in [5, 5.41) is 22.7. The highest BCUT2D eigenvalue weighted by atomic mass is 16.5. The molecule has 1 aromatic rings. The number of alkyl carbamates (subject to hydrolysis) is 1. The van der Waals surface area contributed by atoms with Crippen LogP contribution in [0.4, 0.5) is 4.79 Å². The van der Waals surface area contributed by atoms with Gasteiger partial charge in [0.25, 0.3) is 0 Å². The minimum atomic E-state index is -1.29. The molecule has 182 valence electrons. The molecule has 12 nitrogen and oxygen atoms in total. The van der Waals surface area contributed by atoms with E-state index in [9.17, 15) is 24.0 Å². The van der Waals surface area contributed by atoms with Crippen molar-refractivity contribution in [1.82, 2.24) is 15.5 Å². The molecular formula is C21H29N3O9. The van der Waals surface area contributed by atoms with E-state index in [1.807, 2.05) is 30.3 Å². The van der Waals surface area contributed by atoms with E-state index in [1.165, 1.54) is 0 Å². The molecule has 12 heteroatoms. The van der Waals surface area contributed by atoms with Crippen molar-refractivity contribution in [2.75, 3.05) is 33.3 Å². The van der Waals surface area contributed by atoms with Crippen LogP contribution in [0, 0.1) is 0 Å². The van der Waals surface area contributed by atoms with Crippen LogP contribution in [0.5, 0.6) is 0 Å². The summed E-state index contributed by atoms with van der Waals surface area (Å²) in [6.07, 6.45) is 0.575. The van der Waals surface area contributed by atoms with Crippen molar-refractivity contribution in [3.05, 3.63) is 35.9 Å². The number of nitrogens with zero attached hydrogens (tertiary/aromatic N) is 1. The summed E-state index contributed by atoms with van der Waals surface area (Å²) in [5.74, 6) is -3.98. The van der Waals surface area contributed by atoms with E-state index >= 15 is 0 Å². The van der Waals surface area contributed by atoms with Gasteiger partial charge < -0.3 is 30.3 Å². The van der Waals surface area contributed by atoms with Gasteiger partial charge in [0.2, 0.25) is 5.91 Å². The number of esters is 1. The lowest BCUT2D eigenvalue weighted by atomic mass is 10.1. The second-order valence-electron chi connectivity index (χ2n) is 7.06. The number of aliphatic carboxylic acids is 2. The highest BCUT2D eigenvalue weighted by Gasteiger charge is 2.23. The molecule has 1 unspecified atom stereocenters. The zero-order valence-corrected chi connectivity index (χ0v) is 18.3. The fraction of sp³-hybridized carbons (Fsp3) is 0.476. The fourth-order valence-corrected chi connectivity index (χ4v) is 2.82. The summed E-state index contributed by atoms with van der Waals surface area (Å²) in [6.45, 7) is -1.37. The summed E-state index contributed by atoms with van der Waals surface area (Å²) >= 11 is 0. The molecule has 0 aliphatic heterocycles. The first kappa shape index (κ1) is 27.4.